The van der Waals surface area contributed by atoms with Crippen molar-refractivity contribution in [3.05, 3.63) is 77.9 Å². The van der Waals surface area contributed by atoms with E-state index >= 15 is 0 Å². The normalized spacial score (nSPS) is 18.6. The molecule has 31 heavy (non-hydrogen) atoms. The van der Waals surface area contributed by atoms with Gasteiger partial charge in [-0.25, -0.2) is 4.98 Å². The summed E-state index contributed by atoms with van der Waals surface area (Å²) in [5, 5.41) is 1.01. The number of nitrogens with zero attached hydrogens (tertiary/aromatic N) is 1. The number of nitrogens with two attached hydrogens (primary N) is 1. The number of pyridine rings is 1. The molecule has 0 saturated heterocycles. The van der Waals surface area contributed by atoms with E-state index in [2.05, 4.69) is 30.4 Å². The van der Waals surface area contributed by atoms with Crippen LogP contribution in [0.4, 0.5) is 0 Å². The molecule has 4 nitrogen and oxygen atoms in total. The van der Waals surface area contributed by atoms with Crippen LogP contribution in [0.2, 0.25) is 0 Å². The monoisotopic (exact) mass is 416 g/mol. The summed E-state index contributed by atoms with van der Waals surface area (Å²) in [5.41, 5.74) is 9.22. The van der Waals surface area contributed by atoms with Crippen LogP contribution in [0.5, 0.6) is 11.6 Å². The third-order valence-electron chi connectivity index (χ3n) is 6.23. The van der Waals surface area contributed by atoms with E-state index in [0.717, 1.165) is 40.6 Å². The summed E-state index contributed by atoms with van der Waals surface area (Å²) in [6.45, 7) is 0.508. The number of methoxy groups -OCH3 is 1. The summed E-state index contributed by atoms with van der Waals surface area (Å²) in [7, 11) is 1.67. The zero-order valence-electron chi connectivity index (χ0n) is 18.3. The topological polar surface area (TPSA) is 57.4 Å². The first-order chi connectivity index (χ1) is 15.3. The summed E-state index contributed by atoms with van der Waals surface area (Å²) in [4.78, 5) is 4.73. The molecular weight excluding hydrogens is 384 g/mol. The lowest BCUT2D eigenvalue weighted by Crippen LogP contribution is -2.24. The zero-order valence-corrected chi connectivity index (χ0v) is 18.3. The van der Waals surface area contributed by atoms with Crippen molar-refractivity contribution in [1.29, 1.82) is 0 Å². The van der Waals surface area contributed by atoms with Gasteiger partial charge in [0.05, 0.1) is 18.2 Å². The highest BCUT2D eigenvalue weighted by atomic mass is 16.5. The van der Waals surface area contributed by atoms with Gasteiger partial charge in [0.25, 0.3) is 0 Å². The van der Waals surface area contributed by atoms with Crippen LogP contribution < -0.4 is 15.2 Å². The molecule has 0 bridgehead atoms. The van der Waals surface area contributed by atoms with Gasteiger partial charge in [-0.2, -0.15) is 0 Å². The van der Waals surface area contributed by atoms with Gasteiger partial charge in [-0.3, -0.25) is 0 Å². The van der Waals surface area contributed by atoms with Crippen molar-refractivity contribution in [3.63, 3.8) is 0 Å². The van der Waals surface area contributed by atoms with Crippen LogP contribution in [0.15, 0.2) is 66.7 Å². The van der Waals surface area contributed by atoms with Crippen molar-refractivity contribution in [3.8, 4) is 11.6 Å². The minimum Gasteiger partial charge on any atom is -0.488 e. The van der Waals surface area contributed by atoms with Gasteiger partial charge in [-0.1, -0.05) is 61.0 Å². The average molecular weight is 417 g/mol. The molecule has 1 heterocycles. The molecule has 4 rings (SSSR count). The molecule has 162 valence electrons. The molecule has 0 radical (unpaired) electrons. The first-order valence-corrected chi connectivity index (χ1v) is 11.3. The SMILES string of the molecule is COc1nc2ccccc2c(OCc2ccccc2)c1C/C=C/CCC1CCC[C@H]1N. The van der Waals surface area contributed by atoms with E-state index < -0.39 is 0 Å². The van der Waals surface area contributed by atoms with Crippen molar-refractivity contribution in [1.82, 2.24) is 4.98 Å². The number of fused-ring (bicyclic) bond motifs is 1. The predicted molar refractivity (Wildman–Crippen MR) is 126 cm³/mol. The fourth-order valence-electron chi connectivity index (χ4n) is 4.50. The fourth-order valence-corrected chi connectivity index (χ4v) is 4.50. The summed E-state index contributed by atoms with van der Waals surface area (Å²) in [6.07, 6.45) is 11.2. The summed E-state index contributed by atoms with van der Waals surface area (Å²) < 4.78 is 12.0. The molecule has 1 aromatic heterocycles. The highest BCUT2D eigenvalue weighted by Gasteiger charge is 2.22. The van der Waals surface area contributed by atoms with Crippen molar-refractivity contribution in [2.45, 2.75) is 51.2 Å². The van der Waals surface area contributed by atoms with Crippen molar-refractivity contribution >= 4 is 10.9 Å². The van der Waals surface area contributed by atoms with Crippen LogP contribution in [0.1, 0.15) is 43.2 Å². The first-order valence-electron chi connectivity index (χ1n) is 11.3. The molecule has 2 N–H and O–H groups in total. The van der Waals surface area contributed by atoms with E-state index in [9.17, 15) is 0 Å². The van der Waals surface area contributed by atoms with Crippen LogP contribution in [-0.4, -0.2) is 18.1 Å². The molecule has 1 saturated carbocycles. The number of hydrogen-bond donors (Lipinski definition) is 1. The second-order valence-electron chi connectivity index (χ2n) is 8.33. The van der Waals surface area contributed by atoms with Crippen LogP contribution in [-0.2, 0) is 13.0 Å². The lowest BCUT2D eigenvalue weighted by molar-refractivity contribution is 0.303. The van der Waals surface area contributed by atoms with Gasteiger partial charge in [0.15, 0.2) is 0 Å². The van der Waals surface area contributed by atoms with Crippen LogP contribution in [0.25, 0.3) is 10.9 Å². The molecular formula is C27H32N2O2. The molecule has 1 aliphatic rings. The number of aromatic nitrogens is 1. The van der Waals surface area contributed by atoms with E-state index in [1.807, 2.05) is 36.4 Å². The van der Waals surface area contributed by atoms with E-state index in [0.29, 0.717) is 24.4 Å². The Labute approximate surface area is 185 Å². The number of benzene rings is 2. The predicted octanol–water partition coefficient (Wildman–Crippen LogP) is 5.83. The fraction of sp³-hybridized carbons (Fsp3) is 0.370. The molecule has 0 aliphatic heterocycles. The zero-order chi connectivity index (χ0) is 21.5. The summed E-state index contributed by atoms with van der Waals surface area (Å²) >= 11 is 0. The Morgan fingerprint density at radius 2 is 1.84 bits per heavy atom. The Morgan fingerprint density at radius 1 is 1.03 bits per heavy atom. The van der Waals surface area contributed by atoms with Crippen molar-refractivity contribution in [2.75, 3.05) is 7.11 Å². The Bertz CT molecular complexity index is 1020. The van der Waals surface area contributed by atoms with E-state index in [1.54, 1.807) is 7.11 Å². The highest BCUT2D eigenvalue weighted by molar-refractivity contribution is 5.87. The van der Waals surface area contributed by atoms with Gasteiger partial charge in [0.1, 0.15) is 12.4 Å². The maximum atomic E-state index is 6.36. The molecule has 1 aliphatic carbocycles. The third-order valence-corrected chi connectivity index (χ3v) is 6.23. The molecule has 2 aromatic carbocycles. The van der Waals surface area contributed by atoms with Crippen LogP contribution in [0.3, 0.4) is 0 Å². The van der Waals surface area contributed by atoms with Gasteiger partial charge in [0, 0.05) is 11.4 Å². The second-order valence-corrected chi connectivity index (χ2v) is 8.33. The van der Waals surface area contributed by atoms with Gasteiger partial charge in [0.2, 0.25) is 5.88 Å². The second kappa shape index (κ2) is 10.5. The molecule has 0 spiro atoms. The minimum atomic E-state index is 0.385. The van der Waals surface area contributed by atoms with Crippen molar-refractivity contribution in [2.24, 2.45) is 11.7 Å². The Hall–Kier alpha value is -2.85. The number of rotatable bonds is 9. The van der Waals surface area contributed by atoms with Gasteiger partial charge >= 0.3 is 0 Å². The Kier molecular flexibility index (Phi) is 7.21. The smallest absolute Gasteiger partial charge is 0.220 e. The number of para-hydroxylation sites is 1. The maximum absolute atomic E-state index is 6.36. The van der Waals surface area contributed by atoms with Crippen LogP contribution >= 0.6 is 0 Å². The molecule has 1 fully saturated rings. The largest absolute Gasteiger partial charge is 0.488 e. The highest BCUT2D eigenvalue weighted by Crippen LogP contribution is 2.36. The van der Waals surface area contributed by atoms with Gasteiger partial charge in [-0.05, 0) is 55.7 Å². The Balaban J connectivity index is 1.54. The number of hydrogen-bond acceptors (Lipinski definition) is 4. The summed E-state index contributed by atoms with van der Waals surface area (Å²) in [6, 6.07) is 18.7. The minimum absolute atomic E-state index is 0.385. The average Bonchev–Trinajstić information content (AvgIpc) is 3.22. The summed E-state index contributed by atoms with van der Waals surface area (Å²) in [5.74, 6) is 2.16. The van der Waals surface area contributed by atoms with Gasteiger partial charge < -0.3 is 15.2 Å². The molecule has 2 atom stereocenters. The number of allylic oxidation sites excluding steroid dienone is 2. The quantitative estimate of drug-likeness (QED) is 0.446. The third kappa shape index (κ3) is 5.26. The van der Waals surface area contributed by atoms with Crippen molar-refractivity contribution < 1.29 is 9.47 Å². The van der Waals surface area contributed by atoms with E-state index in [4.69, 9.17) is 20.2 Å². The lowest BCUT2D eigenvalue weighted by Gasteiger charge is -2.16. The molecule has 3 aromatic rings. The Morgan fingerprint density at radius 3 is 2.61 bits per heavy atom. The van der Waals surface area contributed by atoms with E-state index in [-0.39, 0.29) is 0 Å². The molecule has 1 unspecified atom stereocenters. The molecule has 4 heteroatoms. The van der Waals surface area contributed by atoms with E-state index in [1.165, 1.54) is 25.7 Å². The maximum Gasteiger partial charge on any atom is 0.220 e. The lowest BCUT2D eigenvalue weighted by atomic mass is 9.98. The van der Waals surface area contributed by atoms with Crippen LogP contribution in [0, 0.1) is 5.92 Å². The number of ether oxygens (including phenoxy) is 2. The van der Waals surface area contributed by atoms with Gasteiger partial charge in [-0.15, -0.1) is 0 Å². The molecule has 0 amide bonds. The first kappa shape index (κ1) is 21.4. The standard InChI is InChI=1S/C27H32N2O2/c1-30-27-23(16-7-3-6-13-21-14-10-17-24(21)28)26(22-15-8-9-18-25(22)29-27)31-19-20-11-4-2-5-12-20/h2-5,7-9,11-12,15,18,21,24H,6,10,13-14,16-17,19,28H2,1H3/b7-3+/t21?,24-/m1/s1.